The molecule has 4 aliphatic carbocycles. The van der Waals surface area contributed by atoms with Crippen molar-refractivity contribution in [1.82, 2.24) is 10.6 Å². The number of benzene rings is 2. The Balaban J connectivity index is 1.21. The van der Waals surface area contributed by atoms with E-state index in [0.717, 1.165) is 36.5 Å². The Morgan fingerprint density at radius 2 is 1.68 bits per heavy atom. The number of ether oxygens (including phenoxy) is 1. The molecule has 4 fully saturated rings. The zero-order valence-corrected chi connectivity index (χ0v) is 20.9. The molecule has 4 heteroatoms. The molecule has 1 unspecified atom stereocenters. The van der Waals surface area contributed by atoms with E-state index >= 15 is 0 Å². The van der Waals surface area contributed by atoms with E-state index in [1.54, 1.807) is 7.11 Å². The van der Waals surface area contributed by atoms with Crippen molar-refractivity contribution in [3.05, 3.63) is 59.2 Å². The van der Waals surface area contributed by atoms with Crippen LogP contribution in [0.2, 0.25) is 0 Å². The molecule has 4 bridgehead atoms. The van der Waals surface area contributed by atoms with Gasteiger partial charge in [0.25, 0.3) is 0 Å². The fourth-order valence-electron chi connectivity index (χ4n) is 7.93. The lowest BCUT2D eigenvalue weighted by Crippen LogP contribution is -2.54. The Morgan fingerprint density at radius 3 is 2.32 bits per heavy atom. The number of nitrogens with one attached hydrogen (secondary N) is 3. The molecular formula is C30H41N3O. The molecular weight excluding hydrogens is 418 g/mol. The number of hydrogen-bond donors (Lipinski definition) is 3. The van der Waals surface area contributed by atoms with Crippen molar-refractivity contribution in [3.63, 3.8) is 0 Å². The van der Waals surface area contributed by atoms with E-state index in [1.807, 2.05) is 0 Å². The van der Waals surface area contributed by atoms with Gasteiger partial charge in [-0.25, -0.2) is 0 Å². The minimum atomic E-state index is 0.197. The van der Waals surface area contributed by atoms with E-state index in [4.69, 9.17) is 4.74 Å². The van der Waals surface area contributed by atoms with Crippen LogP contribution in [0.3, 0.4) is 0 Å². The summed E-state index contributed by atoms with van der Waals surface area (Å²) in [4.78, 5) is 0. The first-order valence-corrected chi connectivity index (χ1v) is 13.7. The highest BCUT2D eigenvalue weighted by Crippen LogP contribution is 2.56. The number of anilines is 1. The molecule has 34 heavy (non-hydrogen) atoms. The van der Waals surface area contributed by atoms with Crippen LogP contribution in [-0.4, -0.2) is 25.4 Å². The van der Waals surface area contributed by atoms with Crippen LogP contribution in [0, 0.1) is 17.8 Å². The molecule has 182 valence electrons. The largest absolute Gasteiger partial charge is 0.497 e. The van der Waals surface area contributed by atoms with Crippen molar-refractivity contribution in [2.45, 2.75) is 82.5 Å². The quantitative estimate of drug-likeness (QED) is 0.422. The third kappa shape index (κ3) is 4.35. The topological polar surface area (TPSA) is 45.3 Å². The van der Waals surface area contributed by atoms with E-state index < -0.39 is 0 Å². The molecule has 3 N–H and O–H groups in total. The fourth-order valence-corrected chi connectivity index (χ4v) is 7.93. The summed E-state index contributed by atoms with van der Waals surface area (Å²) in [5.74, 6) is 3.85. The number of rotatable bonds is 8. The minimum Gasteiger partial charge on any atom is -0.497 e. The monoisotopic (exact) mass is 459 g/mol. The molecule has 7 rings (SSSR count). The summed E-state index contributed by atoms with van der Waals surface area (Å²) >= 11 is 0. The maximum absolute atomic E-state index is 5.54. The van der Waals surface area contributed by atoms with Crippen LogP contribution in [0.4, 0.5) is 5.69 Å². The Kier molecular flexibility index (Phi) is 6.07. The molecule has 0 aromatic heterocycles. The summed E-state index contributed by atoms with van der Waals surface area (Å²) in [5.41, 5.74) is 5.75. The van der Waals surface area contributed by atoms with Crippen LogP contribution in [-0.2, 0) is 6.42 Å². The van der Waals surface area contributed by atoms with Gasteiger partial charge in [-0.05, 0) is 110 Å². The average molecular weight is 460 g/mol. The lowest BCUT2D eigenvalue weighted by molar-refractivity contribution is 0.0107. The summed E-state index contributed by atoms with van der Waals surface area (Å²) in [6.07, 6.45) is 12.3. The molecule has 4 nitrogen and oxygen atoms in total. The van der Waals surface area contributed by atoms with Gasteiger partial charge in [0.05, 0.1) is 19.3 Å². The van der Waals surface area contributed by atoms with E-state index in [9.17, 15) is 0 Å². The van der Waals surface area contributed by atoms with Crippen molar-refractivity contribution in [2.24, 2.45) is 17.8 Å². The first kappa shape index (κ1) is 22.4. The van der Waals surface area contributed by atoms with Gasteiger partial charge in [0.2, 0.25) is 0 Å². The molecule has 2 atom stereocenters. The van der Waals surface area contributed by atoms with Crippen LogP contribution in [0.1, 0.15) is 81.0 Å². The first-order valence-electron chi connectivity index (χ1n) is 13.7. The van der Waals surface area contributed by atoms with Crippen molar-refractivity contribution >= 4 is 5.69 Å². The second kappa shape index (κ2) is 9.20. The summed E-state index contributed by atoms with van der Waals surface area (Å²) in [6.45, 7) is 3.30. The maximum atomic E-state index is 5.54. The Morgan fingerprint density at radius 1 is 0.971 bits per heavy atom. The zero-order chi connectivity index (χ0) is 23.1. The van der Waals surface area contributed by atoms with Crippen molar-refractivity contribution in [2.75, 3.05) is 19.0 Å². The zero-order valence-electron chi connectivity index (χ0n) is 20.9. The highest BCUT2D eigenvalue weighted by Gasteiger charge is 2.50. The van der Waals surface area contributed by atoms with E-state index in [1.165, 1.54) is 73.7 Å². The highest BCUT2D eigenvalue weighted by molar-refractivity contribution is 5.51. The van der Waals surface area contributed by atoms with E-state index in [2.05, 4.69) is 65.3 Å². The molecule has 2 aromatic rings. The number of methoxy groups -OCH3 is 1. The molecule has 4 saturated carbocycles. The van der Waals surface area contributed by atoms with Gasteiger partial charge in [-0.2, -0.15) is 0 Å². The Bertz CT molecular complexity index is 965. The lowest BCUT2D eigenvalue weighted by Gasteiger charge is -2.57. The molecule has 0 spiro atoms. The average Bonchev–Trinajstić information content (AvgIpc) is 2.83. The summed E-state index contributed by atoms with van der Waals surface area (Å²) < 4.78 is 5.54. The summed E-state index contributed by atoms with van der Waals surface area (Å²) in [6, 6.07) is 16.1. The van der Waals surface area contributed by atoms with E-state index in [0.29, 0.717) is 5.54 Å². The SMILES string of the molecule is CCCCN[C@H]1Cc2cc(OC)ccc2C(c2ccc(NC34CC5CC(CC(C5)C3)C4)cc2)N1. The molecule has 1 heterocycles. The summed E-state index contributed by atoms with van der Waals surface area (Å²) in [5, 5.41) is 11.7. The van der Waals surface area contributed by atoms with Crippen LogP contribution in [0.15, 0.2) is 42.5 Å². The molecule has 0 radical (unpaired) electrons. The van der Waals surface area contributed by atoms with Gasteiger partial charge in [-0.1, -0.05) is 31.5 Å². The minimum absolute atomic E-state index is 0.197. The van der Waals surface area contributed by atoms with Gasteiger partial charge in [0.1, 0.15) is 5.75 Å². The predicted octanol–water partition coefficient (Wildman–Crippen LogP) is 6.03. The van der Waals surface area contributed by atoms with Crippen LogP contribution < -0.4 is 20.7 Å². The molecule has 0 saturated heterocycles. The number of hydrogen-bond acceptors (Lipinski definition) is 4. The van der Waals surface area contributed by atoms with Crippen molar-refractivity contribution in [3.8, 4) is 5.75 Å². The van der Waals surface area contributed by atoms with Gasteiger partial charge in [-0.15, -0.1) is 0 Å². The normalized spacial score (nSPS) is 33.5. The van der Waals surface area contributed by atoms with Crippen molar-refractivity contribution < 1.29 is 4.74 Å². The third-order valence-corrected chi connectivity index (χ3v) is 9.07. The Labute approximate surface area is 205 Å². The standard InChI is InChI=1S/C30H41N3O/c1-3-4-11-31-28-16-24-15-26(34-2)9-10-27(24)29(32-28)23-5-7-25(8-6-23)33-30-17-20-12-21(18-30)14-22(13-20)19-30/h5-10,15,20-22,28-29,31-33H,3-4,11-14,16-19H2,1-2H3/t20?,21?,22?,28-,29?,30?/m1/s1. The van der Waals surface area contributed by atoms with Gasteiger partial charge >= 0.3 is 0 Å². The Hall–Kier alpha value is -2.04. The lowest BCUT2D eigenvalue weighted by atomic mass is 9.53. The van der Waals surface area contributed by atoms with Gasteiger partial charge < -0.3 is 15.4 Å². The van der Waals surface area contributed by atoms with Crippen LogP contribution >= 0.6 is 0 Å². The van der Waals surface area contributed by atoms with Crippen LogP contribution in [0.25, 0.3) is 0 Å². The summed E-state index contributed by atoms with van der Waals surface area (Å²) in [7, 11) is 1.76. The van der Waals surface area contributed by atoms with E-state index in [-0.39, 0.29) is 12.2 Å². The smallest absolute Gasteiger partial charge is 0.119 e. The molecule has 0 amide bonds. The maximum Gasteiger partial charge on any atom is 0.119 e. The molecule has 2 aromatic carbocycles. The first-order chi connectivity index (χ1) is 16.6. The molecule has 1 aliphatic heterocycles. The predicted molar refractivity (Wildman–Crippen MR) is 139 cm³/mol. The molecule has 5 aliphatic rings. The highest BCUT2D eigenvalue weighted by atomic mass is 16.5. The second-order valence-corrected chi connectivity index (χ2v) is 11.7. The second-order valence-electron chi connectivity index (χ2n) is 11.7. The van der Waals surface area contributed by atoms with Gasteiger partial charge in [0, 0.05) is 17.6 Å². The fraction of sp³-hybridized carbons (Fsp3) is 0.600. The number of fused-ring (bicyclic) bond motifs is 1. The van der Waals surface area contributed by atoms with Gasteiger partial charge in [0.15, 0.2) is 0 Å². The van der Waals surface area contributed by atoms with Crippen LogP contribution in [0.5, 0.6) is 5.75 Å². The van der Waals surface area contributed by atoms with Crippen molar-refractivity contribution in [1.29, 1.82) is 0 Å². The third-order valence-electron chi connectivity index (χ3n) is 9.07. The number of unbranched alkanes of at least 4 members (excludes halogenated alkanes) is 1. The van der Waals surface area contributed by atoms with Gasteiger partial charge in [-0.3, -0.25) is 5.32 Å².